The van der Waals surface area contributed by atoms with Gasteiger partial charge < -0.3 is 9.47 Å². The summed E-state index contributed by atoms with van der Waals surface area (Å²) in [7, 11) is 2.49. The lowest BCUT2D eigenvalue weighted by atomic mass is 9.74. The van der Waals surface area contributed by atoms with E-state index in [1.165, 1.54) is 26.4 Å². The average Bonchev–Trinajstić information content (AvgIpc) is 2.84. The summed E-state index contributed by atoms with van der Waals surface area (Å²) in [5.41, 5.74) is -1.95. The van der Waals surface area contributed by atoms with Crippen LogP contribution in [0.1, 0.15) is 12.8 Å². The Labute approximate surface area is 123 Å². The van der Waals surface area contributed by atoms with Gasteiger partial charge in [0.1, 0.15) is 0 Å². The number of rotatable bonds is 3. The Bertz CT molecular complexity index is 523. The molecule has 1 fully saturated rings. The zero-order chi connectivity index (χ0) is 15.7. The smallest absolute Gasteiger partial charge is 0.323 e. The van der Waals surface area contributed by atoms with Crippen molar-refractivity contribution in [3.8, 4) is 0 Å². The fourth-order valence-electron chi connectivity index (χ4n) is 3.33. The van der Waals surface area contributed by atoms with Gasteiger partial charge in [0.05, 0.1) is 14.2 Å². The molecule has 0 N–H and O–H groups in total. The molecule has 1 spiro atoms. The maximum atomic E-state index is 12.2. The fraction of sp³-hybridized carbons (Fsp3) is 0.438. The van der Waals surface area contributed by atoms with Crippen molar-refractivity contribution in [2.45, 2.75) is 12.8 Å². The predicted molar refractivity (Wildman–Crippen MR) is 75.1 cm³/mol. The normalized spacial score (nSPS) is 24.9. The summed E-state index contributed by atoms with van der Waals surface area (Å²) < 4.78 is 9.64. The van der Waals surface area contributed by atoms with Crippen LogP contribution >= 0.6 is 0 Å². The summed E-state index contributed by atoms with van der Waals surface area (Å²) in [6.45, 7) is 3.79. The van der Waals surface area contributed by atoms with Crippen LogP contribution in [0.4, 0.5) is 0 Å². The standard InChI is InChI=1S/C16H18O5/c1-4-11-9-16(13(18)20-2,14(19)21-3)10-15(11)7-5-12(17)6-8-15/h4-8,11H,1,9-10H2,2-3H3. The second kappa shape index (κ2) is 5.31. The van der Waals surface area contributed by atoms with Gasteiger partial charge in [-0.1, -0.05) is 18.2 Å². The number of carbonyl (C=O) groups excluding carboxylic acids is 3. The summed E-state index contributed by atoms with van der Waals surface area (Å²) in [4.78, 5) is 35.8. The van der Waals surface area contributed by atoms with Gasteiger partial charge in [-0.15, -0.1) is 6.58 Å². The van der Waals surface area contributed by atoms with Gasteiger partial charge in [0.2, 0.25) is 0 Å². The Morgan fingerprint density at radius 3 is 2.19 bits per heavy atom. The maximum absolute atomic E-state index is 12.2. The quantitative estimate of drug-likeness (QED) is 0.448. The molecule has 0 aliphatic heterocycles. The number of ether oxygens (including phenoxy) is 2. The molecule has 0 aromatic heterocycles. The van der Waals surface area contributed by atoms with E-state index >= 15 is 0 Å². The van der Waals surface area contributed by atoms with Crippen molar-refractivity contribution in [2.24, 2.45) is 16.7 Å². The van der Waals surface area contributed by atoms with E-state index in [1.54, 1.807) is 18.2 Å². The van der Waals surface area contributed by atoms with E-state index in [4.69, 9.17) is 9.47 Å². The Kier molecular flexibility index (Phi) is 3.85. The van der Waals surface area contributed by atoms with Crippen LogP contribution in [0.25, 0.3) is 0 Å². The Morgan fingerprint density at radius 2 is 1.76 bits per heavy atom. The number of hydrogen-bond acceptors (Lipinski definition) is 5. The number of ketones is 1. The minimum absolute atomic E-state index is 0.114. The molecule has 0 aromatic rings. The molecule has 0 saturated heterocycles. The van der Waals surface area contributed by atoms with Gasteiger partial charge >= 0.3 is 11.9 Å². The molecule has 1 unspecified atom stereocenters. The first-order valence-corrected chi connectivity index (χ1v) is 6.66. The van der Waals surface area contributed by atoms with E-state index in [9.17, 15) is 14.4 Å². The highest BCUT2D eigenvalue weighted by atomic mass is 16.5. The van der Waals surface area contributed by atoms with Gasteiger partial charge in [-0.05, 0) is 30.9 Å². The number of carbonyl (C=O) groups is 3. The SMILES string of the molecule is C=CC1CC(C(=O)OC)(C(=O)OC)CC12C=CC(=O)C=C2. The highest BCUT2D eigenvalue weighted by molar-refractivity contribution is 6.02. The third-order valence-electron chi connectivity index (χ3n) is 4.42. The highest BCUT2D eigenvalue weighted by Gasteiger charge is 2.61. The molecule has 0 amide bonds. The Morgan fingerprint density at radius 1 is 1.24 bits per heavy atom. The molecule has 5 nitrogen and oxygen atoms in total. The van der Waals surface area contributed by atoms with Crippen molar-refractivity contribution >= 4 is 17.7 Å². The molecule has 2 rings (SSSR count). The fourth-order valence-corrected chi connectivity index (χ4v) is 3.33. The molecule has 0 radical (unpaired) electrons. The van der Waals surface area contributed by atoms with Crippen molar-refractivity contribution in [3.05, 3.63) is 37.0 Å². The van der Waals surface area contributed by atoms with Crippen LogP contribution in [0.2, 0.25) is 0 Å². The van der Waals surface area contributed by atoms with Gasteiger partial charge in [-0.3, -0.25) is 14.4 Å². The van der Waals surface area contributed by atoms with Gasteiger partial charge in [-0.25, -0.2) is 0 Å². The van der Waals surface area contributed by atoms with Crippen LogP contribution in [0, 0.1) is 16.7 Å². The summed E-state index contributed by atoms with van der Waals surface area (Å²) in [5.74, 6) is -1.50. The second-order valence-electron chi connectivity index (χ2n) is 5.47. The number of allylic oxidation sites excluding steroid dienone is 5. The lowest BCUT2D eigenvalue weighted by Crippen LogP contribution is -2.40. The predicted octanol–water partition coefficient (Wildman–Crippen LogP) is 1.60. The molecular weight excluding hydrogens is 272 g/mol. The highest BCUT2D eigenvalue weighted by Crippen LogP contribution is 2.57. The second-order valence-corrected chi connectivity index (χ2v) is 5.47. The summed E-state index contributed by atoms with van der Waals surface area (Å²) >= 11 is 0. The number of methoxy groups -OCH3 is 2. The monoisotopic (exact) mass is 290 g/mol. The van der Waals surface area contributed by atoms with Gasteiger partial charge in [-0.2, -0.15) is 0 Å². The van der Waals surface area contributed by atoms with E-state index in [-0.39, 0.29) is 24.5 Å². The van der Waals surface area contributed by atoms with Crippen LogP contribution in [0.15, 0.2) is 37.0 Å². The first-order chi connectivity index (χ1) is 9.94. The minimum atomic E-state index is -1.36. The van der Waals surface area contributed by atoms with Crippen LogP contribution in [0.5, 0.6) is 0 Å². The summed E-state index contributed by atoms with van der Waals surface area (Å²) in [6.07, 6.45) is 8.57. The zero-order valence-electron chi connectivity index (χ0n) is 12.1. The Balaban J connectivity index is 2.49. The van der Waals surface area contributed by atoms with Gasteiger partial charge in [0.15, 0.2) is 11.2 Å². The van der Waals surface area contributed by atoms with E-state index < -0.39 is 22.8 Å². The molecule has 112 valence electrons. The largest absolute Gasteiger partial charge is 0.468 e. The molecular formula is C16H18O5. The molecule has 0 bridgehead atoms. The summed E-state index contributed by atoms with van der Waals surface area (Å²) in [6, 6.07) is 0. The van der Waals surface area contributed by atoms with E-state index in [1.807, 2.05) is 0 Å². The van der Waals surface area contributed by atoms with Gasteiger partial charge in [0.25, 0.3) is 0 Å². The molecule has 0 heterocycles. The lowest BCUT2D eigenvalue weighted by Gasteiger charge is -2.29. The third-order valence-corrected chi connectivity index (χ3v) is 4.42. The van der Waals surface area contributed by atoms with Crippen molar-refractivity contribution in [3.63, 3.8) is 0 Å². The molecule has 5 heteroatoms. The van der Waals surface area contributed by atoms with Gasteiger partial charge in [0, 0.05) is 5.41 Å². The zero-order valence-corrected chi connectivity index (χ0v) is 12.1. The van der Waals surface area contributed by atoms with E-state index in [0.717, 1.165) is 0 Å². The average molecular weight is 290 g/mol. The molecule has 2 aliphatic carbocycles. The van der Waals surface area contributed by atoms with E-state index in [2.05, 4.69) is 6.58 Å². The van der Waals surface area contributed by atoms with Crippen molar-refractivity contribution < 1.29 is 23.9 Å². The van der Waals surface area contributed by atoms with Crippen molar-refractivity contribution in [2.75, 3.05) is 14.2 Å². The molecule has 21 heavy (non-hydrogen) atoms. The lowest BCUT2D eigenvalue weighted by molar-refractivity contribution is -0.169. The molecule has 1 atom stereocenters. The molecule has 1 saturated carbocycles. The minimum Gasteiger partial charge on any atom is -0.468 e. The topological polar surface area (TPSA) is 69.7 Å². The van der Waals surface area contributed by atoms with Crippen LogP contribution < -0.4 is 0 Å². The third kappa shape index (κ3) is 2.22. The van der Waals surface area contributed by atoms with Crippen LogP contribution in [0.3, 0.4) is 0 Å². The summed E-state index contributed by atoms with van der Waals surface area (Å²) in [5, 5.41) is 0. The number of hydrogen-bond donors (Lipinski definition) is 0. The maximum Gasteiger partial charge on any atom is 0.323 e. The van der Waals surface area contributed by atoms with Crippen LogP contribution in [-0.4, -0.2) is 31.9 Å². The Hall–Kier alpha value is -2.17. The van der Waals surface area contributed by atoms with Crippen molar-refractivity contribution in [1.29, 1.82) is 0 Å². The first-order valence-electron chi connectivity index (χ1n) is 6.66. The van der Waals surface area contributed by atoms with Crippen LogP contribution in [-0.2, 0) is 23.9 Å². The van der Waals surface area contributed by atoms with Crippen molar-refractivity contribution in [1.82, 2.24) is 0 Å². The number of esters is 2. The van der Waals surface area contributed by atoms with E-state index in [0.29, 0.717) is 0 Å². The molecule has 2 aliphatic rings. The molecule has 0 aromatic carbocycles. The first kappa shape index (κ1) is 15.2.